The third kappa shape index (κ3) is 3.14. The fourth-order valence-corrected chi connectivity index (χ4v) is 3.38. The average Bonchev–Trinajstić information content (AvgIpc) is 3.41. The zero-order valence-electron chi connectivity index (χ0n) is 14.2. The highest BCUT2D eigenvalue weighted by atomic mass is 16.2. The molecule has 0 spiro atoms. The summed E-state index contributed by atoms with van der Waals surface area (Å²) in [5.74, 6) is 0.576. The van der Waals surface area contributed by atoms with Crippen molar-refractivity contribution in [3.63, 3.8) is 0 Å². The van der Waals surface area contributed by atoms with Crippen molar-refractivity contribution in [1.82, 2.24) is 4.98 Å². The smallest absolute Gasteiger partial charge is 0.259 e. The third-order valence-corrected chi connectivity index (χ3v) is 5.14. The monoisotopic (exact) mass is 335 g/mol. The van der Waals surface area contributed by atoms with Crippen LogP contribution in [0.5, 0.6) is 0 Å². The summed E-state index contributed by atoms with van der Waals surface area (Å²) in [5.41, 5.74) is 3.34. The fraction of sp³-hybridized carbons (Fsp3) is 0.350. The molecule has 1 aromatic carbocycles. The highest BCUT2D eigenvalue weighted by molar-refractivity contribution is 6.07. The number of fused-ring (bicyclic) bond motifs is 1. The highest BCUT2D eigenvalue weighted by Gasteiger charge is 2.33. The van der Waals surface area contributed by atoms with Crippen molar-refractivity contribution < 1.29 is 9.59 Å². The maximum atomic E-state index is 12.7. The zero-order chi connectivity index (χ0) is 17.4. The Balaban J connectivity index is 1.55. The molecule has 2 heterocycles. The number of rotatable bonds is 4. The molecule has 2 aliphatic rings. The van der Waals surface area contributed by atoms with Crippen LogP contribution in [0.4, 0.5) is 11.4 Å². The minimum atomic E-state index is -0.0540. The van der Waals surface area contributed by atoms with Gasteiger partial charge in [0.25, 0.3) is 5.91 Å². The van der Waals surface area contributed by atoms with E-state index >= 15 is 0 Å². The second-order valence-electron chi connectivity index (χ2n) is 6.91. The van der Waals surface area contributed by atoms with Gasteiger partial charge in [-0.05, 0) is 55.0 Å². The summed E-state index contributed by atoms with van der Waals surface area (Å²) in [5, 5.41) is 3.00. The highest BCUT2D eigenvalue weighted by Crippen LogP contribution is 2.37. The molecular formula is C20H21N3O2. The van der Waals surface area contributed by atoms with Crippen molar-refractivity contribution >= 4 is 23.2 Å². The van der Waals surface area contributed by atoms with E-state index in [4.69, 9.17) is 0 Å². The lowest BCUT2D eigenvalue weighted by Crippen LogP contribution is -2.29. The first-order valence-electron chi connectivity index (χ1n) is 8.79. The molecule has 0 saturated heterocycles. The summed E-state index contributed by atoms with van der Waals surface area (Å²) < 4.78 is 0. The van der Waals surface area contributed by atoms with E-state index < -0.39 is 0 Å². The Labute approximate surface area is 147 Å². The van der Waals surface area contributed by atoms with Crippen LogP contribution in [0.15, 0.2) is 42.7 Å². The van der Waals surface area contributed by atoms with Crippen LogP contribution in [0, 0.1) is 11.8 Å². The fourth-order valence-electron chi connectivity index (χ4n) is 3.38. The van der Waals surface area contributed by atoms with E-state index in [0.717, 1.165) is 36.2 Å². The number of hydrogen-bond donors (Lipinski definition) is 1. The first-order chi connectivity index (χ1) is 12.1. The summed E-state index contributed by atoms with van der Waals surface area (Å²) in [7, 11) is 0. The van der Waals surface area contributed by atoms with E-state index in [9.17, 15) is 9.59 Å². The van der Waals surface area contributed by atoms with Gasteiger partial charge in [0, 0.05) is 36.2 Å². The van der Waals surface area contributed by atoms with Crippen LogP contribution in [-0.2, 0) is 11.2 Å². The molecular weight excluding hydrogens is 314 g/mol. The predicted octanol–water partition coefficient (Wildman–Crippen LogP) is 3.27. The van der Waals surface area contributed by atoms with Gasteiger partial charge in [-0.2, -0.15) is 0 Å². The Kier molecular flexibility index (Phi) is 3.99. The largest absolute Gasteiger partial charge is 0.326 e. The number of anilines is 2. The number of carbonyl (C=O) groups excluding carboxylic acids is 2. The van der Waals surface area contributed by atoms with Crippen molar-refractivity contribution in [2.75, 3.05) is 16.8 Å². The van der Waals surface area contributed by atoms with Crippen LogP contribution in [-0.4, -0.2) is 23.3 Å². The number of carbonyl (C=O) groups is 2. The van der Waals surface area contributed by atoms with Gasteiger partial charge in [0.15, 0.2) is 0 Å². The Morgan fingerprint density at radius 2 is 2.12 bits per heavy atom. The summed E-state index contributed by atoms with van der Waals surface area (Å²) in [4.78, 5) is 30.9. The topological polar surface area (TPSA) is 62.3 Å². The normalized spacial score (nSPS) is 17.1. The zero-order valence-corrected chi connectivity index (χ0v) is 14.2. The molecule has 0 radical (unpaired) electrons. The van der Waals surface area contributed by atoms with Crippen molar-refractivity contribution in [3.8, 4) is 0 Å². The molecule has 1 saturated carbocycles. The van der Waals surface area contributed by atoms with Crippen LogP contribution in [0.25, 0.3) is 0 Å². The summed E-state index contributed by atoms with van der Waals surface area (Å²) in [6.07, 6.45) is 6.36. The van der Waals surface area contributed by atoms with Gasteiger partial charge in [0.2, 0.25) is 5.91 Å². The molecule has 5 nitrogen and oxygen atoms in total. The molecule has 2 amide bonds. The van der Waals surface area contributed by atoms with Crippen molar-refractivity contribution in [2.45, 2.75) is 26.2 Å². The molecule has 1 N–H and O–H groups in total. The second kappa shape index (κ2) is 6.31. The minimum Gasteiger partial charge on any atom is -0.326 e. The van der Waals surface area contributed by atoms with Gasteiger partial charge in [-0.1, -0.05) is 13.0 Å². The predicted molar refractivity (Wildman–Crippen MR) is 96.6 cm³/mol. The summed E-state index contributed by atoms with van der Waals surface area (Å²) >= 11 is 0. The van der Waals surface area contributed by atoms with Crippen LogP contribution in [0.3, 0.4) is 0 Å². The lowest BCUT2D eigenvalue weighted by atomic mass is 10.1. The summed E-state index contributed by atoms with van der Waals surface area (Å²) in [6.45, 7) is 2.64. The second-order valence-corrected chi connectivity index (χ2v) is 6.91. The Bertz CT molecular complexity index is 815. The minimum absolute atomic E-state index is 0.0429. The molecule has 0 bridgehead atoms. The van der Waals surface area contributed by atoms with Crippen LogP contribution in [0.1, 0.15) is 35.7 Å². The average molecular weight is 335 g/mol. The lowest BCUT2D eigenvalue weighted by Gasteiger charge is -2.18. The molecule has 1 atom stereocenters. The molecule has 1 aliphatic carbocycles. The van der Waals surface area contributed by atoms with E-state index in [1.54, 1.807) is 29.4 Å². The van der Waals surface area contributed by atoms with Gasteiger partial charge >= 0.3 is 0 Å². The maximum absolute atomic E-state index is 12.7. The van der Waals surface area contributed by atoms with E-state index in [-0.39, 0.29) is 17.7 Å². The van der Waals surface area contributed by atoms with Gasteiger partial charge < -0.3 is 10.2 Å². The number of benzene rings is 1. The van der Waals surface area contributed by atoms with Gasteiger partial charge in [0.1, 0.15) is 0 Å². The Morgan fingerprint density at radius 1 is 1.28 bits per heavy atom. The first kappa shape index (κ1) is 15.8. The SMILES string of the molecule is CC(C(=O)Nc1ccc2c(c1)N(C(=O)c1cccnc1)CC2)C1CC1. The van der Waals surface area contributed by atoms with Crippen LogP contribution < -0.4 is 10.2 Å². The molecule has 1 unspecified atom stereocenters. The van der Waals surface area contributed by atoms with E-state index in [0.29, 0.717) is 18.0 Å². The number of nitrogens with zero attached hydrogens (tertiary/aromatic N) is 2. The molecule has 1 aliphatic heterocycles. The molecule has 1 fully saturated rings. The third-order valence-electron chi connectivity index (χ3n) is 5.14. The summed E-state index contributed by atoms with van der Waals surface area (Å²) in [6, 6.07) is 9.38. The maximum Gasteiger partial charge on any atom is 0.259 e. The molecule has 1 aromatic heterocycles. The van der Waals surface area contributed by atoms with Crippen molar-refractivity contribution in [3.05, 3.63) is 53.9 Å². The number of amides is 2. The number of pyridine rings is 1. The number of aromatic nitrogens is 1. The molecule has 128 valence electrons. The van der Waals surface area contributed by atoms with Crippen LogP contribution >= 0.6 is 0 Å². The van der Waals surface area contributed by atoms with E-state index in [2.05, 4.69) is 10.3 Å². The quantitative estimate of drug-likeness (QED) is 0.933. The lowest BCUT2D eigenvalue weighted by molar-refractivity contribution is -0.119. The standard InChI is InChI=1S/C20H21N3O2/c1-13(14-4-5-14)19(24)22-17-7-6-15-8-10-23(18(15)11-17)20(25)16-3-2-9-21-12-16/h2-3,6-7,9,11-14H,4-5,8,10H2,1H3,(H,22,24). The van der Waals surface area contributed by atoms with Crippen LogP contribution in [0.2, 0.25) is 0 Å². The van der Waals surface area contributed by atoms with Gasteiger partial charge in [-0.15, -0.1) is 0 Å². The first-order valence-corrected chi connectivity index (χ1v) is 8.79. The number of nitrogens with one attached hydrogen (secondary N) is 1. The van der Waals surface area contributed by atoms with E-state index in [1.165, 1.54) is 0 Å². The van der Waals surface area contributed by atoms with Gasteiger partial charge in [0.05, 0.1) is 5.56 Å². The number of hydrogen-bond acceptors (Lipinski definition) is 3. The van der Waals surface area contributed by atoms with Crippen molar-refractivity contribution in [1.29, 1.82) is 0 Å². The molecule has 4 rings (SSSR count). The molecule has 25 heavy (non-hydrogen) atoms. The molecule has 5 heteroatoms. The van der Waals surface area contributed by atoms with Gasteiger partial charge in [-0.3, -0.25) is 14.6 Å². The Morgan fingerprint density at radius 3 is 2.84 bits per heavy atom. The van der Waals surface area contributed by atoms with E-state index in [1.807, 2.05) is 25.1 Å². The Hall–Kier alpha value is -2.69. The van der Waals surface area contributed by atoms with Gasteiger partial charge in [-0.25, -0.2) is 0 Å². The molecule has 2 aromatic rings. The van der Waals surface area contributed by atoms with Crippen molar-refractivity contribution in [2.24, 2.45) is 11.8 Å².